The minimum Gasteiger partial charge on any atom is -0.324 e. The monoisotopic (exact) mass is 177 g/mol. The van der Waals surface area contributed by atoms with Crippen molar-refractivity contribution < 1.29 is 0 Å². The average Bonchev–Trinajstić information content (AvgIpc) is 2.15. The minimum absolute atomic E-state index is 0.223. The zero-order chi connectivity index (χ0) is 9.68. The van der Waals surface area contributed by atoms with Gasteiger partial charge in [0.05, 0.1) is 0 Å². The van der Waals surface area contributed by atoms with E-state index < -0.39 is 0 Å². The van der Waals surface area contributed by atoms with E-state index in [1.807, 2.05) is 0 Å². The number of hydrogen-bond donors (Lipinski definition) is 1. The Bertz CT molecular complexity index is 255. The lowest BCUT2D eigenvalue weighted by Crippen LogP contribution is -2.11. The molecular weight excluding hydrogens is 158 g/mol. The molecule has 13 heavy (non-hydrogen) atoms. The van der Waals surface area contributed by atoms with Gasteiger partial charge in [0.2, 0.25) is 0 Å². The summed E-state index contributed by atoms with van der Waals surface area (Å²) in [6, 6.07) is 8.61. The maximum absolute atomic E-state index is 6.08. The summed E-state index contributed by atoms with van der Waals surface area (Å²) >= 11 is 0. The van der Waals surface area contributed by atoms with Crippen molar-refractivity contribution in [2.75, 3.05) is 0 Å². The smallest absolute Gasteiger partial charge is 0.0297 e. The van der Waals surface area contributed by atoms with Crippen molar-refractivity contribution in [3.05, 3.63) is 35.4 Å². The summed E-state index contributed by atoms with van der Waals surface area (Å²) in [6.45, 7) is 4.33. The van der Waals surface area contributed by atoms with Gasteiger partial charge in [-0.25, -0.2) is 0 Å². The molecule has 1 aromatic carbocycles. The molecule has 0 aromatic heterocycles. The van der Waals surface area contributed by atoms with E-state index >= 15 is 0 Å². The van der Waals surface area contributed by atoms with E-state index in [4.69, 9.17) is 5.73 Å². The lowest BCUT2D eigenvalue weighted by Gasteiger charge is -2.13. The molecule has 0 bridgehead atoms. The van der Waals surface area contributed by atoms with Crippen LogP contribution in [0.5, 0.6) is 0 Å². The lowest BCUT2D eigenvalue weighted by atomic mass is 9.98. The van der Waals surface area contributed by atoms with Crippen molar-refractivity contribution in [2.24, 2.45) is 5.73 Å². The first kappa shape index (κ1) is 10.3. The van der Waals surface area contributed by atoms with Crippen LogP contribution in [0.3, 0.4) is 0 Å². The Morgan fingerprint density at radius 3 is 2.62 bits per heavy atom. The molecule has 1 heteroatoms. The number of aryl methyl sites for hydroxylation is 1. The Hall–Kier alpha value is -0.820. The van der Waals surface area contributed by atoms with Crippen LogP contribution < -0.4 is 5.73 Å². The molecule has 0 saturated carbocycles. The van der Waals surface area contributed by atoms with Gasteiger partial charge in [0.1, 0.15) is 0 Å². The van der Waals surface area contributed by atoms with Crippen LogP contribution >= 0.6 is 0 Å². The summed E-state index contributed by atoms with van der Waals surface area (Å²) in [6.07, 6.45) is 3.54. The first-order valence-electron chi connectivity index (χ1n) is 5.06. The summed E-state index contributed by atoms with van der Waals surface area (Å²) in [5, 5.41) is 0. The Morgan fingerprint density at radius 1 is 1.31 bits per heavy atom. The van der Waals surface area contributed by atoms with E-state index in [2.05, 4.69) is 38.1 Å². The summed E-state index contributed by atoms with van der Waals surface area (Å²) in [7, 11) is 0. The van der Waals surface area contributed by atoms with Crippen molar-refractivity contribution in [1.82, 2.24) is 0 Å². The Morgan fingerprint density at radius 2 is 2.00 bits per heavy atom. The SMILES string of the molecule is CCCC[C@H](N)c1ccccc1C. The van der Waals surface area contributed by atoms with Gasteiger partial charge in [-0.3, -0.25) is 0 Å². The molecule has 1 aromatic rings. The normalized spacial score (nSPS) is 12.8. The fourth-order valence-corrected chi connectivity index (χ4v) is 1.58. The average molecular weight is 177 g/mol. The van der Waals surface area contributed by atoms with Crippen LogP contribution in [0, 0.1) is 6.92 Å². The Labute approximate surface area is 81.0 Å². The third-order valence-corrected chi connectivity index (χ3v) is 2.46. The van der Waals surface area contributed by atoms with Crippen LogP contribution in [-0.4, -0.2) is 0 Å². The molecule has 2 N–H and O–H groups in total. The topological polar surface area (TPSA) is 26.0 Å². The van der Waals surface area contributed by atoms with Gasteiger partial charge in [-0.05, 0) is 24.5 Å². The molecule has 1 nitrogen and oxygen atoms in total. The molecule has 0 aliphatic carbocycles. The number of benzene rings is 1. The highest BCUT2D eigenvalue weighted by molar-refractivity contribution is 5.28. The summed E-state index contributed by atoms with van der Waals surface area (Å²) < 4.78 is 0. The van der Waals surface area contributed by atoms with Crippen LogP contribution in [0.15, 0.2) is 24.3 Å². The van der Waals surface area contributed by atoms with Crippen molar-refractivity contribution >= 4 is 0 Å². The molecule has 1 atom stereocenters. The molecule has 0 unspecified atom stereocenters. The van der Waals surface area contributed by atoms with Gasteiger partial charge in [-0.15, -0.1) is 0 Å². The fourth-order valence-electron chi connectivity index (χ4n) is 1.58. The largest absolute Gasteiger partial charge is 0.324 e. The molecule has 72 valence electrons. The molecule has 0 fully saturated rings. The predicted molar refractivity (Wildman–Crippen MR) is 57.6 cm³/mol. The molecule has 0 amide bonds. The van der Waals surface area contributed by atoms with Crippen LogP contribution in [0.2, 0.25) is 0 Å². The van der Waals surface area contributed by atoms with E-state index in [1.165, 1.54) is 24.0 Å². The van der Waals surface area contributed by atoms with Gasteiger partial charge in [-0.2, -0.15) is 0 Å². The van der Waals surface area contributed by atoms with Crippen LogP contribution in [0.4, 0.5) is 0 Å². The highest BCUT2D eigenvalue weighted by Gasteiger charge is 2.06. The second-order valence-electron chi connectivity index (χ2n) is 3.61. The molecule has 1 rings (SSSR count). The van der Waals surface area contributed by atoms with Crippen molar-refractivity contribution in [1.29, 1.82) is 0 Å². The van der Waals surface area contributed by atoms with E-state index in [-0.39, 0.29) is 6.04 Å². The first-order chi connectivity index (χ1) is 6.25. The quantitative estimate of drug-likeness (QED) is 0.751. The molecule has 0 aliphatic heterocycles. The Balaban J connectivity index is 2.65. The number of nitrogens with two attached hydrogens (primary N) is 1. The van der Waals surface area contributed by atoms with Crippen LogP contribution in [0.1, 0.15) is 43.4 Å². The van der Waals surface area contributed by atoms with Gasteiger partial charge in [0.25, 0.3) is 0 Å². The molecule has 0 spiro atoms. The predicted octanol–water partition coefficient (Wildman–Crippen LogP) is 3.19. The van der Waals surface area contributed by atoms with Crippen LogP contribution in [0.25, 0.3) is 0 Å². The minimum atomic E-state index is 0.223. The Kier molecular flexibility index (Phi) is 3.97. The molecule has 0 radical (unpaired) electrons. The number of rotatable bonds is 4. The zero-order valence-corrected chi connectivity index (χ0v) is 8.59. The van der Waals surface area contributed by atoms with E-state index in [0.717, 1.165) is 6.42 Å². The third-order valence-electron chi connectivity index (χ3n) is 2.46. The lowest BCUT2D eigenvalue weighted by molar-refractivity contribution is 0.601. The fraction of sp³-hybridized carbons (Fsp3) is 0.500. The first-order valence-corrected chi connectivity index (χ1v) is 5.06. The van der Waals surface area contributed by atoms with Crippen molar-refractivity contribution in [3.8, 4) is 0 Å². The molecule has 0 aliphatic rings. The second-order valence-corrected chi connectivity index (χ2v) is 3.61. The van der Waals surface area contributed by atoms with Gasteiger partial charge in [-0.1, -0.05) is 44.0 Å². The van der Waals surface area contributed by atoms with Gasteiger partial charge in [0.15, 0.2) is 0 Å². The highest BCUT2D eigenvalue weighted by Crippen LogP contribution is 2.19. The summed E-state index contributed by atoms with van der Waals surface area (Å²) in [4.78, 5) is 0. The van der Waals surface area contributed by atoms with Crippen molar-refractivity contribution in [3.63, 3.8) is 0 Å². The summed E-state index contributed by atoms with van der Waals surface area (Å²) in [5.74, 6) is 0. The summed E-state index contributed by atoms with van der Waals surface area (Å²) in [5.41, 5.74) is 8.69. The standard InChI is InChI=1S/C12H19N/c1-3-4-9-12(13)11-8-6-5-7-10(11)2/h5-8,12H,3-4,9,13H2,1-2H3/t12-/m0/s1. The van der Waals surface area contributed by atoms with E-state index in [0.29, 0.717) is 0 Å². The number of unbranched alkanes of at least 4 members (excludes halogenated alkanes) is 1. The van der Waals surface area contributed by atoms with E-state index in [1.54, 1.807) is 0 Å². The number of hydrogen-bond acceptors (Lipinski definition) is 1. The maximum atomic E-state index is 6.08. The highest BCUT2D eigenvalue weighted by atomic mass is 14.6. The second kappa shape index (κ2) is 5.03. The van der Waals surface area contributed by atoms with Gasteiger partial charge in [0, 0.05) is 6.04 Å². The van der Waals surface area contributed by atoms with Crippen molar-refractivity contribution in [2.45, 2.75) is 39.2 Å². The zero-order valence-electron chi connectivity index (χ0n) is 8.59. The molecule has 0 saturated heterocycles. The van der Waals surface area contributed by atoms with Gasteiger partial charge >= 0.3 is 0 Å². The van der Waals surface area contributed by atoms with Crippen LogP contribution in [-0.2, 0) is 0 Å². The van der Waals surface area contributed by atoms with Gasteiger partial charge < -0.3 is 5.73 Å². The molecular formula is C12H19N. The third kappa shape index (κ3) is 2.85. The maximum Gasteiger partial charge on any atom is 0.0297 e. The molecule has 0 heterocycles. The van der Waals surface area contributed by atoms with E-state index in [9.17, 15) is 0 Å².